The molecule has 1 unspecified atom stereocenters. The molecule has 5 heteroatoms. The van der Waals surface area contributed by atoms with Crippen molar-refractivity contribution >= 4 is 0 Å². The van der Waals surface area contributed by atoms with Gasteiger partial charge in [0.15, 0.2) is 0 Å². The van der Waals surface area contributed by atoms with Crippen LogP contribution in [0.1, 0.15) is 51.1 Å². The first-order chi connectivity index (χ1) is 10.1. The van der Waals surface area contributed by atoms with E-state index in [1.807, 2.05) is 58.0 Å². The fourth-order valence-corrected chi connectivity index (χ4v) is 2.23. The van der Waals surface area contributed by atoms with Gasteiger partial charge in [0, 0.05) is 6.61 Å². The highest BCUT2D eigenvalue weighted by Gasteiger charge is 2.29. The van der Waals surface area contributed by atoms with Crippen LogP contribution in [0.15, 0.2) is 34.9 Å². The molecule has 0 radical (unpaired) electrons. The average molecular weight is 289 g/mol. The van der Waals surface area contributed by atoms with Crippen molar-refractivity contribution < 1.29 is 9.26 Å². The normalized spacial score (nSPS) is 13.3. The second kappa shape index (κ2) is 6.83. The molecule has 1 aromatic carbocycles. The van der Waals surface area contributed by atoms with Gasteiger partial charge in [0.25, 0.3) is 0 Å². The summed E-state index contributed by atoms with van der Waals surface area (Å²) in [4.78, 5) is 4.53. The lowest BCUT2D eigenvalue weighted by molar-refractivity contribution is 0.0833. The number of rotatable bonds is 7. The quantitative estimate of drug-likeness (QED) is 0.849. The number of hydrogen-bond acceptors (Lipinski definition) is 5. The number of ether oxygens (including phenoxy) is 1. The van der Waals surface area contributed by atoms with Crippen molar-refractivity contribution in [3.8, 4) is 0 Å². The Kier molecular flexibility index (Phi) is 5.09. The molecule has 1 heterocycles. The third kappa shape index (κ3) is 3.68. The number of nitrogens with zero attached hydrogens (tertiary/aromatic N) is 2. The minimum Gasteiger partial charge on any atom is -0.366 e. The fraction of sp³-hybridized carbons (Fsp3) is 0.500. The molecule has 2 rings (SSSR count). The maximum atomic E-state index is 5.79. The van der Waals surface area contributed by atoms with Gasteiger partial charge in [-0.25, -0.2) is 0 Å². The predicted octanol–water partition coefficient (Wildman–Crippen LogP) is 3.04. The topological polar surface area (TPSA) is 60.2 Å². The van der Waals surface area contributed by atoms with Crippen LogP contribution < -0.4 is 5.32 Å². The largest absolute Gasteiger partial charge is 0.366 e. The molecule has 0 spiro atoms. The summed E-state index contributed by atoms with van der Waals surface area (Å²) in [6.45, 7) is 9.46. The zero-order valence-corrected chi connectivity index (χ0v) is 13.1. The maximum Gasteiger partial charge on any atom is 0.246 e. The molecule has 0 aliphatic carbocycles. The number of benzene rings is 1. The molecule has 5 nitrogen and oxygen atoms in total. The minimum absolute atomic E-state index is 0.300. The van der Waals surface area contributed by atoms with Crippen molar-refractivity contribution in [3.05, 3.63) is 47.6 Å². The molecule has 0 saturated heterocycles. The van der Waals surface area contributed by atoms with Gasteiger partial charge in [-0.15, -0.1) is 0 Å². The summed E-state index contributed by atoms with van der Waals surface area (Å²) < 4.78 is 11.2. The Morgan fingerprint density at radius 1 is 1.24 bits per heavy atom. The van der Waals surface area contributed by atoms with Gasteiger partial charge in [0.2, 0.25) is 11.7 Å². The SMILES string of the molecule is CCNC(C)(C)c1nc(C(OCC)c2ccccc2)no1. The molecule has 0 saturated carbocycles. The van der Waals surface area contributed by atoms with Crippen LogP contribution in [0, 0.1) is 0 Å². The van der Waals surface area contributed by atoms with Crippen LogP contribution in [0.25, 0.3) is 0 Å². The predicted molar refractivity (Wildman–Crippen MR) is 80.9 cm³/mol. The van der Waals surface area contributed by atoms with E-state index in [2.05, 4.69) is 15.5 Å². The summed E-state index contributed by atoms with van der Waals surface area (Å²) in [5, 5.41) is 7.43. The molecule has 21 heavy (non-hydrogen) atoms. The standard InChI is InChI=1S/C16H23N3O2/c1-5-17-16(3,4)15-18-14(19-21-15)13(20-6-2)12-10-8-7-9-11-12/h7-11,13,17H,5-6H2,1-4H3. The van der Waals surface area contributed by atoms with Crippen LogP contribution in [0.2, 0.25) is 0 Å². The summed E-state index contributed by atoms with van der Waals surface area (Å²) in [5.74, 6) is 1.13. The number of nitrogens with one attached hydrogen (secondary N) is 1. The summed E-state index contributed by atoms with van der Waals surface area (Å²) in [6, 6.07) is 9.94. The third-order valence-corrected chi connectivity index (χ3v) is 3.27. The van der Waals surface area contributed by atoms with Crippen molar-refractivity contribution in [1.29, 1.82) is 0 Å². The molecule has 0 fully saturated rings. The van der Waals surface area contributed by atoms with Crippen LogP contribution in [0.4, 0.5) is 0 Å². The van der Waals surface area contributed by atoms with Gasteiger partial charge in [0.1, 0.15) is 6.10 Å². The molecule has 0 aliphatic heterocycles. The first kappa shape index (κ1) is 15.7. The third-order valence-electron chi connectivity index (χ3n) is 3.27. The van der Waals surface area contributed by atoms with Crippen molar-refractivity contribution in [2.24, 2.45) is 0 Å². The second-order valence-electron chi connectivity index (χ2n) is 5.36. The summed E-state index contributed by atoms with van der Waals surface area (Å²) in [6.07, 6.45) is -0.300. The molecule has 0 bridgehead atoms. The van der Waals surface area contributed by atoms with Crippen molar-refractivity contribution in [1.82, 2.24) is 15.5 Å². The molecular formula is C16H23N3O2. The molecule has 1 N–H and O–H groups in total. The molecule has 0 aliphatic rings. The van der Waals surface area contributed by atoms with Gasteiger partial charge in [-0.05, 0) is 32.9 Å². The van der Waals surface area contributed by atoms with E-state index in [0.717, 1.165) is 12.1 Å². The van der Waals surface area contributed by atoms with Gasteiger partial charge in [0.05, 0.1) is 5.54 Å². The number of hydrogen-bond donors (Lipinski definition) is 1. The lowest BCUT2D eigenvalue weighted by Crippen LogP contribution is -2.36. The lowest BCUT2D eigenvalue weighted by atomic mass is 10.1. The Bertz CT molecular complexity index is 552. The lowest BCUT2D eigenvalue weighted by Gasteiger charge is -2.20. The van der Waals surface area contributed by atoms with E-state index in [1.54, 1.807) is 0 Å². The van der Waals surface area contributed by atoms with E-state index in [9.17, 15) is 0 Å². The molecule has 1 atom stereocenters. The Balaban J connectivity index is 2.29. The highest BCUT2D eigenvalue weighted by molar-refractivity contribution is 5.23. The van der Waals surface area contributed by atoms with E-state index in [-0.39, 0.29) is 11.6 Å². The van der Waals surface area contributed by atoms with Gasteiger partial charge >= 0.3 is 0 Å². The average Bonchev–Trinajstić information content (AvgIpc) is 2.96. The summed E-state index contributed by atoms with van der Waals surface area (Å²) >= 11 is 0. The molecule has 1 aromatic heterocycles. The second-order valence-corrected chi connectivity index (χ2v) is 5.36. The smallest absolute Gasteiger partial charge is 0.246 e. The minimum atomic E-state index is -0.354. The van der Waals surface area contributed by atoms with E-state index in [4.69, 9.17) is 9.26 Å². The molecular weight excluding hydrogens is 266 g/mol. The Morgan fingerprint density at radius 3 is 2.57 bits per heavy atom. The van der Waals surface area contributed by atoms with Crippen molar-refractivity contribution in [2.75, 3.05) is 13.2 Å². The van der Waals surface area contributed by atoms with E-state index < -0.39 is 0 Å². The fourth-order valence-electron chi connectivity index (χ4n) is 2.23. The first-order valence-electron chi connectivity index (χ1n) is 7.34. The molecule has 114 valence electrons. The number of aromatic nitrogens is 2. The molecule has 2 aromatic rings. The highest BCUT2D eigenvalue weighted by Crippen LogP contribution is 2.26. The van der Waals surface area contributed by atoms with E-state index in [0.29, 0.717) is 18.3 Å². The van der Waals surface area contributed by atoms with E-state index in [1.165, 1.54) is 0 Å². The van der Waals surface area contributed by atoms with Crippen LogP contribution in [-0.4, -0.2) is 23.3 Å². The van der Waals surface area contributed by atoms with Crippen LogP contribution in [0.5, 0.6) is 0 Å². The first-order valence-corrected chi connectivity index (χ1v) is 7.34. The Labute approximate surface area is 125 Å². The Morgan fingerprint density at radius 2 is 1.95 bits per heavy atom. The zero-order valence-electron chi connectivity index (χ0n) is 13.1. The van der Waals surface area contributed by atoms with E-state index >= 15 is 0 Å². The van der Waals surface area contributed by atoms with Crippen LogP contribution in [0.3, 0.4) is 0 Å². The van der Waals surface area contributed by atoms with Crippen molar-refractivity contribution in [3.63, 3.8) is 0 Å². The molecule has 0 amide bonds. The maximum absolute atomic E-state index is 5.79. The summed E-state index contributed by atoms with van der Waals surface area (Å²) in [7, 11) is 0. The van der Waals surface area contributed by atoms with Gasteiger partial charge in [-0.3, -0.25) is 0 Å². The Hall–Kier alpha value is -1.72. The monoisotopic (exact) mass is 289 g/mol. The van der Waals surface area contributed by atoms with Gasteiger partial charge in [-0.2, -0.15) is 4.98 Å². The van der Waals surface area contributed by atoms with Gasteiger partial charge in [-0.1, -0.05) is 42.4 Å². The zero-order chi connectivity index (χ0) is 15.3. The summed E-state index contributed by atoms with van der Waals surface area (Å²) in [5.41, 5.74) is 0.668. The van der Waals surface area contributed by atoms with Gasteiger partial charge < -0.3 is 14.6 Å². The van der Waals surface area contributed by atoms with Crippen molar-refractivity contribution in [2.45, 2.75) is 39.3 Å². The van der Waals surface area contributed by atoms with Crippen LogP contribution in [-0.2, 0) is 10.3 Å². The van der Waals surface area contributed by atoms with Crippen LogP contribution >= 0.6 is 0 Å². The highest BCUT2D eigenvalue weighted by atomic mass is 16.5.